The average Bonchev–Trinajstić information content (AvgIpc) is 3.59. The topological polar surface area (TPSA) is 61.7 Å². The molecule has 220 valence electrons. The van der Waals surface area contributed by atoms with Gasteiger partial charge >= 0.3 is 0 Å². The molecule has 0 saturated heterocycles. The number of aliphatic imine (C=N–C) groups is 2. The molecule has 0 spiro atoms. The van der Waals surface area contributed by atoms with Crippen LogP contribution < -0.4 is 0 Å². The molecular formula is C42H31N3O. The van der Waals surface area contributed by atoms with Gasteiger partial charge in [0, 0.05) is 39.1 Å². The number of rotatable bonds is 4. The van der Waals surface area contributed by atoms with Crippen molar-refractivity contribution in [3.8, 4) is 22.3 Å². The fourth-order valence-electron chi connectivity index (χ4n) is 6.78. The molecule has 0 unspecified atom stereocenters. The first kappa shape index (κ1) is 27.7. The minimum atomic E-state index is -0.0626. The molecule has 0 saturated carbocycles. The van der Waals surface area contributed by atoms with Crippen LogP contribution in [0.15, 0.2) is 154 Å². The molecule has 4 nitrogen and oxygen atoms in total. The van der Waals surface area contributed by atoms with Crippen molar-refractivity contribution in [1.29, 1.82) is 5.41 Å². The Morgan fingerprint density at radius 1 is 0.652 bits per heavy atom. The van der Waals surface area contributed by atoms with E-state index in [-0.39, 0.29) is 11.3 Å². The number of benzene rings is 6. The molecule has 0 aliphatic heterocycles. The largest absolute Gasteiger partial charge is 0.456 e. The lowest BCUT2D eigenvalue weighted by molar-refractivity contribution is 0.660. The third kappa shape index (κ3) is 4.58. The minimum absolute atomic E-state index is 0.0626. The lowest BCUT2D eigenvalue weighted by Crippen LogP contribution is -2.14. The number of furan rings is 1. The first-order chi connectivity index (χ1) is 22.5. The Bertz CT molecular complexity index is 2340. The molecule has 1 aliphatic rings. The maximum atomic E-state index is 8.66. The summed E-state index contributed by atoms with van der Waals surface area (Å²) < 4.78 is 6.35. The zero-order chi connectivity index (χ0) is 31.3. The number of nitrogens with zero attached hydrogens (tertiary/aromatic N) is 2. The summed E-state index contributed by atoms with van der Waals surface area (Å²) in [5, 5.41) is 10.7. The number of fused-ring (bicyclic) bond motifs is 6. The maximum absolute atomic E-state index is 8.66. The molecule has 1 aromatic heterocycles. The Morgan fingerprint density at radius 3 is 2.13 bits per heavy atom. The van der Waals surface area contributed by atoms with Crippen molar-refractivity contribution in [3.05, 3.63) is 167 Å². The van der Waals surface area contributed by atoms with Gasteiger partial charge in [-0.2, -0.15) is 0 Å². The van der Waals surface area contributed by atoms with Gasteiger partial charge in [0.1, 0.15) is 11.2 Å². The number of hydrogen-bond donors (Lipinski definition) is 1. The van der Waals surface area contributed by atoms with E-state index in [4.69, 9.17) is 14.8 Å². The van der Waals surface area contributed by atoms with Crippen LogP contribution in [-0.2, 0) is 5.41 Å². The molecule has 1 N–H and O–H groups in total. The van der Waals surface area contributed by atoms with E-state index in [1.807, 2.05) is 79.0 Å². The van der Waals surface area contributed by atoms with E-state index in [1.54, 1.807) is 0 Å². The third-order valence-corrected chi connectivity index (χ3v) is 9.07. The summed E-state index contributed by atoms with van der Waals surface area (Å²) in [6.07, 6.45) is 1.84. The van der Waals surface area contributed by atoms with Gasteiger partial charge in [-0.3, -0.25) is 5.41 Å². The molecule has 46 heavy (non-hydrogen) atoms. The summed E-state index contributed by atoms with van der Waals surface area (Å²) in [7, 11) is 0. The van der Waals surface area contributed by atoms with Gasteiger partial charge in [0.15, 0.2) is 11.7 Å². The smallest absolute Gasteiger partial charge is 0.161 e. The first-order valence-electron chi connectivity index (χ1n) is 15.5. The Labute approximate surface area is 267 Å². The van der Waals surface area contributed by atoms with Gasteiger partial charge < -0.3 is 4.42 Å². The highest BCUT2D eigenvalue weighted by Crippen LogP contribution is 2.52. The van der Waals surface area contributed by atoms with Crippen molar-refractivity contribution in [2.75, 3.05) is 0 Å². The standard InChI is InChI=1S/C42H31N3O/c1-42(2)34-20-10-9-18-32(34)39-31(19-12-21-35(39)42)29-23-24-36-33(25-29)38-30(17-11-22-37(38)46-36)26-44-41(28-15-7-4-8-16-28)45-40(43)27-13-5-3-6-14-27/h3-26,43H,1-2H3. The lowest BCUT2D eigenvalue weighted by Gasteiger charge is -2.21. The van der Waals surface area contributed by atoms with Gasteiger partial charge in [-0.25, -0.2) is 9.98 Å². The van der Waals surface area contributed by atoms with Crippen LogP contribution in [0, 0.1) is 5.41 Å². The van der Waals surface area contributed by atoms with Gasteiger partial charge in [0.05, 0.1) is 0 Å². The van der Waals surface area contributed by atoms with E-state index in [0.717, 1.165) is 44.2 Å². The molecule has 0 amide bonds. The summed E-state index contributed by atoms with van der Waals surface area (Å²) >= 11 is 0. The van der Waals surface area contributed by atoms with Crippen molar-refractivity contribution in [2.24, 2.45) is 9.98 Å². The van der Waals surface area contributed by atoms with Crippen molar-refractivity contribution in [3.63, 3.8) is 0 Å². The van der Waals surface area contributed by atoms with Crippen molar-refractivity contribution >= 4 is 39.8 Å². The highest BCUT2D eigenvalue weighted by Gasteiger charge is 2.36. The zero-order valence-corrected chi connectivity index (χ0v) is 25.7. The quantitative estimate of drug-likeness (QED) is 0.160. The molecular weight excluding hydrogens is 562 g/mol. The highest BCUT2D eigenvalue weighted by atomic mass is 16.3. The molecule has 0 radical (unpaired) electrons. The van der Waals surface area contributed by atoms with Gasteiger partial charge in [0.2, 0.25) is 0 Å². The van der Waals surface area contributed by atoms with Crippen LogP contribution >= 0.6 is 0 Å². The Kier molecular flexibility index (Phi) is 6.58. The normalized spacial score (nSPS) is 13.7. The van der Waals surface area contributed by atoms with Gasteiger partial charge in [-0.1, -0.05) is 135 Å². The highest BCUT2D eigenvalue weighted by molar-refractivity contribution is 6.18. The molecule has 1 aliphatic carbocycles. The Balaban J connectivity index is 1.26. The molecule has 1 heterocycles. The van der Waals surface area contributed by atoms with Crippen LogP contribution in [0.25, 0.3) is 44.2 Å². The average molecular weight is 594 g/mol. The number of amidine groups is 2. The number of hydrogen-bond acceptors (Lipinski definition) is 2. The predicted octanol–water partition coefficient (Wildman–Crippen LogP) is 10.5. The van der Waals surface area contributed by atoms with Crippen LogP contribution in [0.1, 0.15) is 41.7 Å². The second kappa shape index (κ2) is 10.9. The summed E-state index contributed by atoms with van der Waals surface area (Å²) in [5.41, 5.74) is 11.8. The van der Waals surface area contributed by atoms with Crippen LogP contribution in [0.5, 0.6) is 0 Å². The van der Waals surface area contributed by atoms with Crippen LogP contribution in [-0.4, -0.2) is 17.9 Å². The van der Waals surface area contributed by atoms with E-state index in [1.165, 1.54) is 27.8 Å². The summed E-state index contributed by atoms with van der Waals surface area (Å²) in [4.78, 5) is 9.54. The monoisotopic (exact) mass is 593 g/mol. The first-order valence-corrected chi connectivity index (χ1v) is 15.5. The van der Waals surface area contributed by atoms with Crippen molar-refractivity contribution in [1.82, 2.24) is 0 Å². The second-order valence-electron chi connectivity index (χ2n) is 12.2. The molecule has 4 heteroatoms. The van der Waals surface area contributed by atoms with E-state index in [2.05, 4.69) is 85.6 Å². The Morgan fingerprint density at radius 2 is 1.33 bits per heavy atom. The number of nitrogens with one attached hydrogen (secondary N) is 1. The van der Waals surface area contributed by atoms with Crippen LogP contribution in [0.2, 0.25) is 0 Å². The fourth-order valence-corrected chi connectivity index (χ4v) is 6.78. The molecule has 0 bridgehead atoms. The minimum Gasteiger partial charge on any atom is -0.456 e. The van der Waals surface area contributed by atoms with Crippen LogP contribution in [0.3, 0.4) is 0 Å². The van der Waals surface area contributed by atoms with E-state index in [0.29, 0.717) is 5.84 Å². The second-order valence-corrected chi connectivity index (χ2v) is 12.2. The molecule has 8 rings (SSSR count). The molecule has 0 atom stereocenters. The molecule has 0 fully saturated rings. The Hall–Kier alpha value is -5.87. The maximum Gasteiger partial charge on any atom is 0.161 e. The predicted molar refractivity (Wildman–Crippen MR) is 191 cm³/mol. The van der Waals surface area contributed by atoms with Crippen LogP contribution in [0.4, 0.5) is 0 Å². The van der Waals surface area contributed by atoms with Crippen molar-refractivity contribution < 1.29 is 4.42 Å². The third-order valence-electron chi connectivity index (χ3n) is 9.07. The van der Waals surface area contributed by atoms with E-state index < -0.39 is 0 Å². The zero-order valence-electron chi connectivity index (χ0n) is 25.7. The summed E-state index contributed by atoms with van der Waals surface area (Å²) in [6.45, 7) is 4.63. The van der Waals surface area contributed by atoms with E-state index >= 15 is 0 Å². The van der Waals surface area contributed by atoms with Gasteiger partial charge in [-0.15, -0.1) is 0 Å². The summed E-state index contributed by atoms with van der Waals surface area (Å²) in [5.74, 6) is 0.634. The lowest BCUT2D eigenvalue weighted by atomic mass is 9.82. The van der Waals surface area contributed by atoms with E-state index in [9.17, 15) is 0 Å². The summed E-state index contributed by atoms with van der Waals surface area (Å²) in [6, 6.07) is 47.3. The molecule has 7 aromatic rings. The van der Waals surface area contributed by atoms with Crippen molar-refractivity contribution in [2.45, 2.75) is 19.3 Å². The van der Waals surface area contributed by atoms with Gasteiger partial charge in [-0.05, 0) is 51.6 Å². The van der Waals surface area contributed by atoms with Gasteiger partial charge in [0.25, 0.3) is 0 Å². The fraction of sp³-hybridized carbons (Fsp3) is 0.0714. The SMILES string of the molecule is CC1(C)c2ccccc2-c2c(-c3ccc4oc5cccc(C=NC(=NC(=N)c6ccccc6)c6ccccc6)c5c4c3)cccc21. The molecule has 6 aromatic carbocycles.